The molecule has 0 aromatic heterocycles. The van der Waals surface area contributed by atoms with Crippen molar-refractivity contribution in [1.82, 2.24) is 10.6 Å². The van der Waals surface area contributed by atoms with Crippen LogP contribution in [-0.4, -0.2) is 63.2 Å². The van der Waals surface area contributed by atoms with Crippen LogP contribution in [0.15, 0.2) is 35.3 Å². The van der Waals surface area contributed by atoms with Crippen LogP contribution in [0.3, 0.4) is 0 Å². The summed E-state index contributed by atoms with van der Waals surface area (Å²) in [6.07, 6.45) is 2.16. The molecule has 3 N–H and O–H groups in total. The van der Waals surface area contributed by atoms with Crippen molar-refractivity contribution in [3.05, 3.63) is 35.9 Å². The average molecular weight is 491 g/mol. The molecule has 1 aromatic carbocycles. The van der Waals surface area contributed by atoms with Crippen molar-refractivity contribution in [3.63, 3.8) is 0 Å². The number of halogens is 1. The summed E-state index contributed by atoms with van der Waals surface area (Å²) in [5.41, 5.74) is 1.12. The first-order valence-electron chi connectivity index (χ1n) is 9.67. The van der Waals surface area contributed by atoms with Crippen molar-refractivity contribution in [2.24, 2.45) is 10.9 Å². The molecule has 154 valence electrons. The van der Waals surface area contributed by atoms with E-state index in [1.54, 1.807) is 0 Å². The monoisotopic (exact) mass is 491 g/mol. The topological polar surface area (TPSA) is 75.1 Å². The lowest BCUT2D eigenvalue weighted by Crippen LogP contribution is -2.38. The molecule has 1 fully saturated rings. The summed E-state index contributed by atoms with van der Waals surface area (Å²) in [4.78, 5) is 4.48. The molecule has 0 amide bonds. The summed E-state index contributed by atoms with van der Waals surface area (Å²) >= 11 is 0. The highest BCUT2D eigenvalue weighted by Gasteiger charge is 2.15. The van der Waals surface area contributed by atoms with Gasteiger partial charge >= 0.3 is 0 Å². The first-order chi connectivity index (χ1) is 12.8. The molecule has 2 atom stereocenters. The van der Waals surface area contributed by atoms with Gasteiger partial charge in [-0.05, 0) is 25.3 Å². The second kappa shape index (κ2) is 15.1. The van der Waals surface area contributed by atoms with E-state index < -0.39 is 6.10 Å². The van der Waals surface area contributed by atoms with E-state index in [0.717, 1.165) is 63.9 Å². The molecule has 1 saturated heterocycles. The number of benzene rings is 1. The van der Waals surface area contributed by atoms with Crippen LogP contribution in [0.4, 0.5) is 0 Å². The minimum atomic E-state index is -0.482. The molecule has 1 heterocycles. The molecule has 1 aliphatic rings. The molecule has 2 unspecified atom stereocenters. The fraction of sp³-hybridized carbons (Fsp3) is 0.650. The van der Waals surface area contributed by atoms with Crippen molar-refractivity contribution in [3.8, 4) is 0 Å². The van der Waals surface area contributed by atoms with Gasteiger partial charge in [0.15, 0.2) is 5.96 Å². The quantitative estimate of drug-likeness (QED) is 0.192. The molecular weight excluding hydrogens is 457 g/mol. The van der Waals surface area contributed by atoms with Gasteiger partial charge in [0.1, 0.15) is 0 Å². The minimum Gasteiger partial charge on any atom is -0.391 e. The molecule has 1 aliphatic heterocycles. The van der Waals surface area contributed by atoms with Gasteiger partial charge in [-0.2, -0.15) is 0 Å². The molecule has 1 aromatic rings. The molecule has 7 heteroatoms. The van der Waals surface area contributed by atoms with Crippen LogP contribution in [0.2, 0.25) is 0 Å². The molecule has 0 bridgehead atoms. The van der Waals surface area contributed by atoms with Crippen molar-refractivity contribution in [2.75, 3.05) is 46.1 Å². The number of nitrogens with one attached hydrogen (secondary N) is 2. The molecule has 0 saturated carbocycles. The van der Waals surface area contributed by atoms with Crippen molar-refractivity contribution >= 4 is 29.9 Å². The highest BCUT2D eigenvalue weighted by atomic mass is 127. The zero-order chi connectivity index (χ0) is 18.5. The summed E-state index contributed by atoms with van der Waals surface area (Å²) in [6, 6.07) is 9.99. The van der Waals surface area contributed by atoms with Crippen LogP contribution < -0.4 is 10.6 Å². The number of aliphatic imine (C=N–C) groups is 1. The highest BCUT2D eigenvalue weighted by Crippen LogP contribution is 2.12. The van der Waals surface area contributed by atoms with E-state index in [0.29, 0.717) is 18.9 Å². The first-order valence-corrected chi connectivity index (χ1v) is 9.67. The minimum absolute atomic E-state index is 0. The summed E-state index contributed by atoms with van der Waals surface area (Å²) in [6.45, 7) is 7.22. The summed E-state index contributed by atoms with van der Waals surface area (Å²) < 4.78 is 11.0. The molecule has 0 aliphatic carbocycles. The normalized spacial score (nSPS) is 18.0. The second-order valence-corrected chi connectivity index (χ2v) is 6.65. The molecule has 2 rings (SSSR count). The molecular formula is C20H34IN3O3. The van der Waals surface area contributed by atoms with Crippen LogP contribution in [0, 0.1) is 5.92 Å². The van der Waals surface area contributed by atoms with Crippen LogP contribution in [0.1, 0.15) is 25.3 Å². The van der Waals surface area contributed by atoms with E-state index in [1.807, 2.05) is 37.3 Å². The number of hydrogen-bond acceptors (Lipinski definition) is 4. The Morgan fingerprint density at radius 1 is 1.33 bits per heavy atom. The fourth-order valence-electron chi connectivity index (χ4n) is 2.83. The Labute approximate surface area is 180 Å². The Morgan fingerprint density at radius 2 is 2.15 bits per heavy atom. The van der Waals surface area contributed by atoms with E-state index in [4.69, 9.17) is 9.47 Å². The standard InChI is InChI=1S/C20H33N3O3.HI/c1-2-21-20(22-10-6-11-25-15-18-9-12-26-16-18)23-14-19(24)13-17-7-4-3-5-8-17;/h3-5,7-8,18-19,24H,2,6,9-16H2,1H3,(H2,21,22,23);1H. The smallest absolute Gasteiger partial charge is 0.191 e. The molecule has 27 heavy (non-hydrogen) atoms. The van der Waals surface area contributed by atoms with Gasteiger partial charge in [0.25, 0.3) is 0 Å². The van der Waals surface area contributed by atoms with E-state index in [9.17, 15) is 5.11 Å². The number of guanidine groups is 1. The van der Waals surface area contributed by atoms with Crippen LogP contribution in [0.25, 0.3) is 0 Å². The highest BCUT2D eigenvalue weighted by molar-refractivity contribution is 14.0. The zero-order valence-corrected chi connectivity index (χ0v) is 18.6. The number of aliphatic hydroxyl groups excluding tert-OH is 1. The van der Waals surface area contributed by atoms with E-state index in [1.165, 1.54) is 0 Å². The third kappa shape index (κ3) is 10.9. The first kappa shape index (κ1) is 24.1. The lowest BCUT2D eigenvalue weighted by Gasteiger charge is -2.14. The van der Waals surface area contributed by atoms with Crippen LogP contribution in [0.5, 0.6) is 0 Å². The van der Waals surface area contributed by atoms with Crippen molar-refractivity contribution in [1.29, 1.82) is 0 Å². The zero-order valence-electron chi connectivity index (χ0n) is 16.2. The molecule has 6 nitrogen and oxygen atoms in total. The van der Waals surface area contributed by atoms with Gasteiger partial charge in [0.2, 0.25) is 0 Å². The average Bonchev–Trinajstić information content (AvgIpc) is 3.16. The van der Waals surface area contributed by atoms with Crippen LogP contribution >= 0.6 is 24.0 Å². The molecule has 0 spiro atoms. The van der Waals surface area contributed by atoms with Gasteiger partial charge in [-0.3, -0.25) is 4.99 Å². The lowest BCUT2D eigenvalue weighted by molar-refractivity contribution is 0.0888. The van der Waals surface area contributed by atoms with E-state index >= 15 is 0 Å². The largest absolute Gasteiger partial charge is 0.391 e. The van der Waals surface area contributed by atoms with Gasteiger partial charge in [-0.25, -0.2) is 0 Å². The van der Waals surface area contributed by atoms with Gasteiger partial charge in [-0.1, -0.05) is 30.3 Å². The number of rotatable bonds is 11. The lowest BCUT2D eigenvalue weighted by atomic mass is 10.1. The van der Waals surface area contributed by atoms with Crippen molar-refractivity contribution in [2.45, 2.75) is 32.3 Å². The maximum atomic E-state index is 10.2. The predicted octanol–water partition coefficient (Wildman–Crippen LogP) is 2.21. The number of nitrogens with zero attached hydrogens (tertiary/aromatic N) is 1. The predicted molar refractivity (Wildman–Crippen MR) is 120 cm³/mol. The Bertz CT molecular complexity index is 510. The fourth-order valence-corrected chi connectivity index (χ4v) is 2.83. The van der Waals surface area contributed by atoms with Gasteiger partial charge < -0.3 is 25.2 Å². The number of aliphatic hydroxyl groups is 1. The number of hydrogen-bond donors (Lipinski definition) is 3. The maximum Gasteiger partial charge on any atom is 0.191 e. The maximum absolute atomic E-state index is 10.2. The second-order valence-electron chi connectivity index (χ2n) is 6.65. The van der Waals surface area contributed by atoms with Gasteiger partial charge in [-0.15, -0.1) is 24.0 Å². The number of ether oxygens (including phenoxy) is 2. The SMILES string of the molecule is CCNC(=NCC(O)Cc1ccccc1)NCCCOCC1CCOC1.I. The third-order valence-corrected chi connectivity index (χ3v) is 4.25. The van der Waals surface area contributed by atoms with Gasteiger partial charge in [0.05, 0.1) is 25.9 Å². The Kier molecular flexibility index (Phi) is 13.5. The van der Waals surface area contributed by atoms with E-state index in [2.05, 4.69) is 15.6 Å². The summed E-state index contributed by atoms with van der Waals surface area (Å²) in [7, 11) is 0. The Morgan fingerprint density at radius 3 is 2.85 bits per heavy atom. The van der Waals surface area contributed by atoms with E-state index in [-0.39, 0.29) is 24.0 Å². The van der Waals surface area contributed by atoms with Gasteiger partial charge in [0, 0.05) is 38.6 Å². The van der Waals surface area contributed by atoms with Crippen LogP contribution in [-0.2, 0) is 15.9 Å². The summed E-state index contributed by atoms with van der Waals surface area (Å²) in [5, 5.41) is 16.7. The Balaban J connectivity index is 0.00000364. The Hall–Kier alpha value is -0.900. The van der Waals surface area contributed by atoms with Crippen molar-refractivity contribution < 1.29 is 14.6 Å². The third-order valence-electron chi connectivity index (χ3n) is 4.25. The molecule has 0 radical (unpaired) electrons. The summed E-state index contributed by atoms with van der Waals surface area (Å²) in [5.74, 6) is 1.30.